The molecule has 1 heterocycles. The molecule has 1 aliphatic heterocycles. The third-order valence-corrected chi connectivity index (χ3v) is 5.74. The number of carbonyl (C=O) groups is 2. The second-order valence-corrected chi connectivity index (χ2v) is 7.98. The van der Waals surface area contributed by atoms with Gasteiger partial charge in [0.15, 0.2) is 0 Å². The second kappa shape index (κ2) is 9.24. The van der Waals surface area contributed by atoms with Crippen molar-refractivity contribution in [2.45, 2.75) is 6.04 Å². The standard InChI is InChI=1S/C26H27N3O4/c1-27(2)19-13-11-18(12-14-19)25-26(31)28(20-7-5-9-22(15-20)32-3)17-24(30)29(25)21-8-6-10-23(16-21)33-4/h5-16,25H,17H2,1-4H3/t25-/m0/s1. The van der Waals surface area contributed by atoms with Gasteiger partial charge in [-0.25, -0.2) is 0 Å². The Morgan fingerprint density at radius 1 is 0.818 bits per heavy atom. The van der Waals surface area contributed by atoms with Gasteiger partial charge in [-0.1, -0.05) is 24.3 Å². The van der Waals surface area contributed by atoms with Gasteiger partial charge in [0.1, 0.15) is 24.1 Å². The molecule has 0 saturated carbocycles. The lowest BCUT2D eigenvalue weighted by molar-refractivity contribution is -0.128. The number of carbonyl (C=O) groups excluding carboxylic acids is 2. The van der Waals surface area contributed by atoms with Gasteiger partial charge in [-0.3, -0.25) is 14.5 Å². The van der Waals surface area contributed by atoms with Gasteiger partial charge in [0.05, 0.1) is 14.2 Å². The van der Waals surface area contributed by atoms with E-state index in [0.717, 1.165) is 11.3 Å². The molecular formula is C26H27N3O4. The van der Waals surface area contributed by atoms with E-state index >= 15 is 0 Å². The fourth-order valence-electron chi connectivity index (χ4n) is 3.99. The fraction of sp³-hybridized carbons (Fsp3) is 0.231. The molecular weight excluding hydrogens is 418 g/mol. The lowest BCUT2D eigenvalue weighted by Crippen LogP contribution is -2.56. The number of amides is 2. The van der Waals surface area contributed by atoms with E-state index in [1.54, 1.807) is 49.5 Å². The fourth-order valence-corrected chi connectivity index (χ4v) is 3.99. The third-order valence-electron chi connectivity index (χ3n) is 5.74. The van der Waals surface area contributed by atoms with Gasteiger partial charge in [0, 0.05) is 43.3 Å². The molecule has 7 heteroatoms. The van der Waals surface area contributed by atoms with E-state index in [2.05, 4.69) is 0 Å². The molecule has 0 bridgehead atoms. The number of piperazine rings is 1. The van der Waals surface area contributed by atoms with Gasteiger partial charge in [0.2, 0.25) is 5.91 Å². The minimum Gasteiger partial charge on any atom is -0.497 e. The van der Waals surface area contributed by atoms with Crippen LogP contribution in [0, 0.1) is 0 Å². The van der Waals surface area contributed by atoms with Crippen molar-refractivity contribution in [3.8, 4) is 11.5 Å². The summed E-state index contributed by atoms with van der Waals surface area (Å²) in [4.78, 5) is 32.4. The molecule has 3 aromatic carbocycles. The van der Waals surface area contributed by atoms with Crippen LogP contribution in [0.4, 0.5) is 17.1 Å². The average molecular weight is 446 g/mol. The van der Waals surface area contributed by atoms with Crippen LogP contribution in [0.1, 0.15) is 11.6 Å². The number of anilines is 3. The molecule has 0 N–H and O–H groups in total. The Bertz CT molecular complexity index is 1160. The predicted molar refractivity (Wildman–Crippen MR) is 129 cm³/mol. The largest absolute Gasteiger partial charge is 0.497 e. The summed E-state index contributed by atoms with van der Waals surface area (Å²) in [5.41, 5.74) is 2.97. The zero-order valence-corrected chi connectivity index (χ0v) is 19.2. The first-order valence-corrected chi connectivity index (χ1v) is 10.6. The Kier molecular flexibility index (Phi) is 6.22. The molecule has 7 nitrogen and oxygen atoms in total. The summed E-state index contributed by atoms with van der Waals surface area (Å²) in [6.45, 7) is -0.0739. The highest BCUT2D eigenvalue weighted by Gasteiger charge is 2.42. The number of hydrogen-bond donors (Lipinski definition) is 0. The monoisotopic (exact) mass is 445 g/mol. The summed E-state index contributed by atoms with van der Waals surface area (Å²) < 4.78 is 10.7. The maximum Gasteiger partial charge on any atom is 0.255 e. The van der Waals surface area contributed by atoms with Crippen LogP contribution in [-0.4, -0.2) is 46.7 Å². The van der Waals surface area contributed by atoms with Crippen molar-refractivity contribution in [1.29, 1.82) is 0 Å². The van der Waals surface area contributed by atoms with E-state index in [-0.39, 0.29) is 18.4 Å². The van der Waals surface area contributed by atoms with Crippen molar-refractivity contribution in [3.05, 3.63) is 78.4 Å². The molecule has 0 aliphatic carbocycles. The first-order valence-electron chi connectivity index (χ1n) is 10.6. The third kappa shape index (κ3) is 4.35. The highest BCUT2D eigenvalue weighted by molar-refractivity contribution is 6.14. The normalized spacial score (nSPS) is 16.1. The quantitative estimate of drug-likeness (QED) is 0.576. The lowest BCUT2D eigenvalue weighted by atomic mass is 9.99. The topological polar surface area (TPSA) is 62.3 Å². The van der Waals surface area contributed by atoms with Crippen molar-refractivity contribution in [2.24, 2.45) is 0 Å². The van der Waals surface area contributed by atoms with Gasteiger partial charge in [0.25, 0.3) is 5.91 Å². The molecule has 1 fully saturated rings. The highest BCUT2D eigenvalue weighted by atomic mass is 16.5. The number of ether oxygens (including phenoxy) is 2. The second-order valence-electron chi connectivity index (χ2n) is 7.98. The molecule has 1 atom stereocenters. The van der Waals surface area contributed by atoms with E-state index in [1.165, 1.54) is 4.90 Å². The van der Waals surface area contributed by atoms with Gasteiger partial charge in [-0.15, -0.1) is 0 Å². The molecule has 0 aromatic heterocycles. The molecule has 0 spiro atoms. The minimum atomic E-state index is -0.819. The van der Waals surface area contributed by atoms with E-state index in [4.69, 9.17) is 9.47 Å². The van der Waals surface area contributed by atoms with Crippen LogP contribution in [0.25, 0.3) is 0 Å². The Balaban J connectivity index is 1.81. The molecule has 2 amide bonds. The van der Waals surface area contributed by atoms with E-state index < -0.39 is 6.04 Å². The summed E-state index contributed by atoms with van der Waals surface area (Å²) in [5.74, 6) is 0.857. The van der Waals surface area contributed by atoms with Crippen LogP contribution in [0.5, 0.6) is 11.5 Å². The molecule has 4 rings (SSSR count). The highest BCUT2D eigenvalue weighted by Crippen LogP contribution is 2.36. The van der Waals surface area contributed by atoms with Gasteiger partial charge >= 0.3 is 0 Å². The lowest BCUT2D eigenvalue weighted by Gasteiger charge is -2.40. The molecule has 33 heavy (non-hydrogen) atoms. The Morgan fingerprint density at radius 2 is 1.39 bits per heavy atom. The molecule has 3 aromatic rings. The summed E-state index contributed by atoms with van der Waals surface area (Å²) in [7, 11) is 7.06. The maximum atomic E-state index is 13.9. The summed E-state index contributed by atoms with van der Waals surface area (Å²) >= 11 is 0. The van der Waals surface area contributed by atoms with Gasteiger partial charge in [-0.05, 0) is 42.0 Å². The van der Waals surface area contributed by atoms with E-state index in [9.17, 15) is 9.59 Å². The van der Waals surface area contributed by atoms with Crippen LogP contribution >= 0.6 is 0 Å². The molecule has 170 valence electrons. The van der Waals surface area contributed by atoms with Crippen LogP contribution in [0.2, 0.25) is 0 Å². The molecule has 1 aliphatic rings. The van der Waals surface area contributed by atoms with Crippen LogP contribution in [-0.2, 0) is 9.59 Å². The predicted octanol–water partition coefficient (Wildman–Crippen LogP) is 3.89. The zero-order chi connectivity index (χ0) is 23.5. The maximum absolute atomic E-state index is 13.9. The summed E-state index contributed by atoms with van der Waals surface area (Å²) in [6, 6.07) is 21.3. The van der Waals surface area contributed by atoms with Crippen molar-refractivity contribution >= 4 is 28.9 Å². The zero-order valence-electron chi connectivity index (χ0n) is 19.2. The van der Waals surface area contributed by atoms with Crippen LogP contribution < -0.4 is 24.2 Å². The first-order chi connectivity index (χ1) is 15.9. The SMILES string of the molecule is COc1cccc(N2CC(=O)N(c3cccc(OC)c3)[C@@H](c3ccc(N(C)C)cc3)C2=O)c1. The average Bonchev–Trinajstić information content (AvgIpc) is 2.85. The number of nitrogens with zero attached hydrogens (tertiary/aromatic N) is 3. The molecule has 0 radical (unpaired) electrons. The van der Waals surface area contributed by atoms with Crippen LogP contribution in [0.15, 0.2) is 72.8 Å². The Labute approximate surface area is 193 Å². The van der Waals surface area contributed by atoms with Gasteiger partial charge < -0.3 is 19.3 Å². The summed E-state index contributed by atoms with van der Waals surface area (Å²) in [6.07, 6.45) is 0. The Morgan fingerprint density at radius 3 is 1.97 bits per heavy atom. The van der Waals surface area contributed by atoms with Crippen molar-refractivity contribution in [2.75, 3.05) is 49.6 Å². The smallest absolute Gasteiger partial charge is 0.255 e. The minimum absolute atomic E-state index is 0.0739. The first kappa shape index (κ1) is 22.2. The number of rotatable bonds is 6. The number of hydrogen-bond acceptors (Lipinski definition) is 5. The van der Waals surface area contributed by atoms with E-state index in [0.29, 0.717) is 22.9 Å². The van der Waals surface area contributed by atoms with Crippen molar-refractivity contribution in [3.63, 3.8) is 0 Å². The molecule has 1 saturated heterocycles. The van der Waals surface area contributed by atoms with Crippen LogP contribution in [0.3, 0.4) is 0 Å². The van der Waals surface area contributed by atoms with Crippen molar-refractivity contribution < 1.29 is 19.1 Å². The van der Waals surface area contributed by atoms with Crippen molar-refractivity contribution in [1.82, 2.24) is 0 Å². The summed E-state index contributed by atoms with van der Waals surface area (Å²) in [5, 5.41) is 0. The molecule has 0 unspecified atom stereocenters. The number of methoxy groups -OCH3 is 2. The number of benzene rings is 3. The Hall–Kier alpha value is -4.00. The van der Waals surface area contributed by atoms with E-state index in [1.807, 2.05) is 61.5 Å². The van der Waals surface area contributed by atoms with Gasteiger partial charge in [-0.2, -0.15) is 0 Å².